The maximum Gasteiger partial charge on any atom is 0.206 e. The number of benzene rings is 1. The van der Waals surface area contributed by atoms with E-state index in [-0.39, 0.29) is 0 Å². The molecule has 0 spiro atoms. The van der Waals surface area contributed by atoms with Gasteiger partial charge < -0.3 is 14.8 Å². The Balaban J connectivity index is 1.87. The molecule has 1 aromatic heterocycles. The van der Waals surface area contributed by atoms with E-state index in [2.05, 4.69) is 59.9 Å². The van der Waals surface area contributed by atoms with Gasteiger partial charge in [0.05, 0.1) is 11.0 Å². The molecular formula is C16H24N4. The molecule has 0 saturated carbocycles. The quantitative estimate of drug-likeness (QED) is 0.928. The van der Waals surface area contributed by atoms with E-state index in [1.807, 2.05) is 0 Å². The van der Waals surface area contributed by atoms with Gasteiger partial charge in [-0.3, -0.25) is 0 Å². The molecule has 20 heavy (non-hydrogen) atoms. The molecule has 108 valence electrons. The third-order valence-corrected chi connectivity index (χ3v) is 4.16. The lowest BCUT2D eigenvalue weighted by atomic mass is 10.2. The zero-order valence-electron chi connectivity index (χ0n) is 12.6. The third-order valence-electron chi connectivity index (χ3n) is 4.16. The van der Waals surface area contributed by atoms with Crippen molar-refractivity contribution in [1.82, 2.24) is 14.9 Å². The molecule has 2 heterocycles. The fourth-order valence-corrected chi connectivity index (χ4v) is 3.07. The van der Waals surface area contributed by atoms with Crippen molar-refractivity contribution < 1.29 is 0 Å². The number of aryl methyl sites for hydroxylation is 1. The van der Waals surface area contributed by atoms with Crippen LogP contribution in [0, 0.1) is 0 Å². The minimum atomic E-state index is 0.540. The molecule has 1 aliphatic heterocycles. The summed E-state index contributed by atoms with van der Waals surface area (Å²) in [7, 11) is 2.12. The molecule has 4 nitrogen and oxygen atoms in total. The Morgan fingerprint density at radius 3 is 2.90 bits per heavy atom. The number of rotatable bonds is 4. The fourth-order valence-electron chi connectivity index (χ4n) is 3.07. The summed E-state index contributed by atoms with van der Waals surface area (Å²) in [6, 6.07) is 9.47. The second-order valence-electron chi connectivity index (χ2n) is 6.01. The van der Waals surface area contributed by atoms with E-state index in [0.717, 1.165) is 24.6 Å². The molecule has 1 fully saturated rings. The summed E-state index contributed by atoms with van der Waals surface area (Å²) in [5.74, 6) is 1.11. The van der Waals surface area contributed by atoms with Crippen LogP contribution < -0.4 is 10.2 Å². The largest absolute Gasteiger partial charge is 0.338 e. The number of hydrogen-bond donors (Lipinski definition) is 1. The van der Waals surface area contributed by atoms with Crippen LogP contribution in [-0.4, -0.2) is 34.7 Å². The van der Waals surface area contributed by atoms with Gasteiger partial charge >= 0.3 is 0 Å². The minimum Gasteiger partial charge on any atom is -0.338 e. The molecule has 2 aromatic rings. The van der Waals surface area contributed by atoms with Gasteiger partial charge in [-0.25, -0.2) is 4.98 Å². The first kappa shape index (κ1) is 13.4. The molecule has 1 saturated heterocycles. The Bertz CT molecular complexity index is 587. The van der Waals surface area contributed by atoms with Gasteiger partial charge in [0.25, 0.3) is 0 Å². The van der Waals surface area contributed by atoms with Crippen LogP contribution in [0.3, 0.4) is 0 Å². The third kappa shape index (κ3) is 2.40. The van der Waals surface area contributed by atoms with Crippen LogP contribution >= 0.6 is 0 Å². The second-order valence-corrected chi connectivity index (χ2v) is 6.01. The van der Waals surface area contributed by atoms with Gasteiger partial charge in [-0.1, -0.05) is 26.0 Å². The zero-order chi connectivity index (χ0) is 14.1. The molecule has 0 amide bonds. The lowest BCUT2D eigenvalue weighted by Gasteiger charge is -2.26. The molecule has 1 N–H and O–H groups in total. The smallest absolute Gasteiger partial charge is 0.206 e. The number of para-hydroxylation sites is 2. The molecule has 4 heteroatoms. The standard InChI is InChI=1S/C16H24N4/c1-12(2)17-11-13-7-6-10-20(13)16-18-14-8-4-5-9-15(14)19(16)3/h4-5,8-9,12-13,17H,6-7,10-11H2,1-3H3. The first-order chi connectivity index (χ1) is 9.66. The minimum absolute atomic E-state index is 0.540. The van der Waals surface area contributed by atoms with Crippen molar-refractivity contribution in [2.45, 2.75) is 38.8 Å². The van der Waals surface area contributed by atoms with E-state index in [1.165, 1.54) is 18.4 Å². The summed E-state index contributed by atoms with van der Waals surface area (Å²) >= 11 is 0. The van der Waals surface area contributed by atoms with Crippen LogP contribution in [0.4, 0.5) is 5.95 Å². The van der Waals surface area contributed by atoms with Crippen LogP contribution in [-0.2, 0) is 7.05 Å². The van der Waals surface area contributed by atoms with Crippen molar-refractivity contribution in [3.8, 4) is 0 Å². The molecule has 0 bridgehead atoms. The molecule has 1 aromatic carbocycles. The van der Waals surface area contributed by atoms with Crippen molar-refractivity contribution in [2.24, 2.45) is 7.05 Å². The summed E-state index contributed by atoms with van der Waals surface area (Å²) in [5.41, 5.74) is 2.30. The number of aromatic nitrogens is 2. The first-order valence-corrected chi connectivity index (χ1v) is 7.58. The molecule has 1 aliphatic rings. The van der Waals surface area contributed by atoms with E-state index in [0.29, 0.717) is 12.1 Å². The van der Waals surface area contributed by atoms with Crippen molar-refractivity contribution in [3.05, 3.63) is 24.3 Å². The van der Waals surface area contributed by atoms with Crippen molar-refractivity contribution in [3.63, 3.8) is 0 Å². The zero-order valence-corrected chi connectivity index (χ0v) is 12.6. The topological polar surface area (TPSA) is 33.1 Å². The van der Waals surface area contributed by atoms with Crippen molar-refractivity contribution in [1.29, 1.82) is 0 Å². The number of nitrogens with zero attached hydrogens (tertiary/aromatic N) is 3. The Kier molecular flexibility index (Phi) is 3.66. The van der Waals surface area contributed by atoms with Gasteiger partial charge in [0.2, 0.25) is 5.95 Å². The summed E-state index contributed by atoms with van der Waals surface area (Å²) in [6.07, 6.45) is 2.51. The maximum absolute atomic E-state index is 4.83. The average molecular weight is 272 g/mol. The Hall–Kier alpha value is -1.55. The maximum atomic E-state index is 4.83. The van der Waals surface area contributed by atoms with E-state index < -0.39 is 0 Å². The second kappa shape index (κ2) is 5.44. The van der Waals surface area contributed by atoms with Gasteiger partial charge in [0, 0.05) is 32.2 Å². The van der Waals surface area contributed by atoms with E-state index in [4.69, 9.17) is 4.98 Å². The average Bonchev–Trinajstić information content (AvgIpc) is 3.01. The van der Waals surface area contributed by atoms with E-state index in [9.17, 15) is 0 Å². The van der Waals surface area contributed by atoms with Crippen LogP contribution in [0.25, 0.3) is 11.0 Å². The fraction of sp³-hybridized carbons (Fsp3) is 0.562. The van der Waals surface area contributed by atoms with Crippen molar-refractivity contribution in [2.75, 3.05) is 18.0 Å². The highest BCUT2D eigenvalue weighted by molar-refractivity contribution is 5.78. The van der Waals surface area contributed by atoms with E-state index in [1.54, 1.807) is 0 Å². The predicted molar refractivity (Wildman–Crippen MR) is 84.2 cm³/mol. The van der Waals surface area contributed by atoms with Crippen LogP contribution in [0.5, 0.6) is 0 Å². The summed E-state index contributed by atoms with van der Waals surface area (Å²) in [6.45, 7) is 6.56. The van der Waals surface area contributed by atoms with Gasteiger partial charge in [0.1, 0.15) is 0 Å². The number of fused-ring (bicyclic) bond motifs is 1. The Labute approximate surface area is 120 Å². The van der Waals surface area contributed by atoms with Crippen LogP contribution in [0.1, 0.15) is 26.7 Å². The van der Waals surface area contributed by atoms with Crippen molar-refractivity contribution >= 4 is 17.0 Å². The molecule has 0 aliphatic carbocycles. The Morgan fingerprint density at radius 2 is 2.15 bits per heavy atom. The predicted octanol–water partition coefficient (Wildman–Crippen LogP) is 2.54. The highest BCUT2D eigenvalue weighted by atomic mass is 15.3. The first-order valence-electron chi connectivity index (χ1n) is 7.58. The highest BCUT2D eigenvalue weighted by Crippen LogP contribution is 2.27. The summed E-state index contributed by atoms with van der Waals surface area (Å²) < 4.78 is 2.23. The molecule has 3 rings (SSSR count). The number of hydrogen-bond acceptors (Lipinski definition) is 3. The summed E-state index contributed by atoms with van der Waals surface area (Å²) in [5, 5.41) is 3.56. The number of anilines is 1. The lowest BCUT2D eigenvalue weighted by Crippen LogP contribution is -2.41. The molecular weight excluding hydrogens is 248 g/mol. The Morgan fingerprint density at radius 1 is 1.35 bits per heavy atom. The van der Waals surface area contributed by atoms with Gasteiger partial charge in [0.15, 0.2) is 0 Å². The number of nitrogens with one attached hydrogen (secondary N) is 1. The monoisotopic (exact) mass is 272 g/mol. The normalized spacial score (nSPS) is 19.4. The van der Waals surface area contributed by atoms with E-state index >= 15 is 0 Å². The summed E-state index contributed by atoms with van der Waals surface area (Å²) in [4.78, 5) is 7.30. The SMILES string of the molecule is CC(C)NCC1CCCN1c1nc2ccccc2n1C. The molecule has 1 unspecified atom stereocenters. The highest BCUT2D eigenvalue weighted by Gasteiger charge is 2.27. The van der Waals surface area contributed by atoms with Gasteiger partial charge in [-0.05, 0) is 25.0 Å². The molecule has 0 radical (unpaired) electrons. The lowest BCUT2D eigenvalue weighted by molar-refractivity contribution is 0.519. The molecule has 1 atom stereocenters. The number of imidazole rings is 1. The van der Waals surface area contributed by atoms with Gasteiger partial charge in [-0.15, -0.1) is 0 Å². The van der Waals surface area contributed by atoms with Gasteiger partial charge in [-0.2, -0.15) is 0 Å². The van der Waals surface area contributed by atoms with Crippen LogP contribution in [0.2, 0.25) is 0 Å². The van der Waals surface area contributed by atoms with Crippen LogP contribution in [0.15, 0.2) is 24.3 Å².